The Kier molecular flexibility index (Phi) is 4.22. The van der Waals surface area contributed by atoms with E-state index in [9.17, 15) is 4.79 Å². The second kappa shape index (κ2) is 5.22. The summed E-state index contributed by atoms with van der Waals surface area (Å²) in [5.74, 6) is 0.832. The van der Waals surface area contributed by atoms with E-state index in [-0.39, 0.29) is 0 Å². The highest BCUT2D eigenvalue weighted by atomic mass is 16.1. The van der Waals surface area contributed by atoms with Crippen molar-refractivity contribution in [3.8, 4) is 0 Å². The van der Waals surface area contributed by atoms with Gasteiger partial charge in [0.1, 0.15) is 0 Å². The third-order valence-electron chi connectivity index (χ3n) is 2.78. The summed E-state index contributed by atoms with van der Waals surface area (Å²) in [6.45, 7) is 3.09. The summed E-state index contributed by atoms with van der Waals surface area (Å²) in [6.07, 6.45) is 4.63. The van der Waals surface area contributed by atoms with E-state index in [0.29, 0.717) is 0 Å². The van der Waals surface area contributed by atoms with Gasteiger partial charge in [-0.2, -0.15) is 0 Å². The van der Waals surface area contributed by atoms with Crippen LogP contribution in [0, 0.1) is 5.92 Å². The summed E-state index contributed by atoms with van der Waals surface area (Å²) in [5, 5.41) is 0. The Morgan fingerprint density at radius 2 is 2.00 bits per heavy atom. The molecule has 1 heterocycles. The highest BCUT2D eigenvalue weighted by Crippen LogP contribution is 2.19. The normalized spacial score (nSPS) is 19.5. The molecule has 0 bridgehead atoms. The quantitative estimate of drug-likeness (QED) is 0.604. The van der Waals surface area contributed by atoms with Crippen LogP contribution in [0.5, 0.6) is 0 Å². The monoisotopic (exact) mass is 184 g/mol. The second-order valence-corrected chi connectivity index (χ2v) is 4.18. The molecule has 1 saturated heterocycles. The van der Waals surface area contributed by atoms with Crippen molar-refractivity contribution in [2.45, 2.75) is 19.3 Å². The van der Waals surface area contributed by atoms with Crippen LogP contribution in [0.4, 0.5) is 0 Å². The third kappa shape index (κ3) is 3.77. The van der Waals surface area contributed by atoms with E-state index in [2.05, 4.69) is 19.0 Å². The van der Waals surface area contributed by atoms with Gasteiger partial charge in [0.2, 0.25) is 6.41 Å². The number of nitrogens with zero attached hydrogens (tertiary/aromatic N) is 2. The van der Waals surface area contributed by atoms with Crippen LogP contribution in [0.25, 0.3) is 0 Å². The predicted molar refractivity (Wildman–Crippen MR) is 53.5 cm³/mol. The van der Waals surface area contributed by atoms with Crippen LogP contribution in [0.1, 0.15) is 19.3 Å². The average molecular weight is 184 g/mol. The maximum Gasteiger partial charge on any atom is 0.209 e. The minimum absolute atomic E-state index is 0.832. The fourth-order valence-electron chi connectivity index (χ4n) is 1.79. The van der Waals surface area contributed by atoms with Crippen LogP contribution >= 0.6 is 0 Å². The van der Waals surface area contributed by atoms with E-state index < -0.39 is 0 Å². The zero-order chi connectivity index (χ0) is 9.68. The molecule has 0 spiro atoms. The summed E-state index contributed by atoms with van der Waals surface area (Å²) in [5.41, 5.74) is 0. The predicted octanol–water partition coefficient (Wildman–Crippen LogP) is 0.806. The highest BCUT2D eigenvalue weighted by molar-refractivity contribution is 5.47. The molecule has 76 valence electrons. The maximum absolute atomic E-state index is 10.5. The maximum atomic E-state index is 10.5. The zero-order valence-electron chi connectivity index (χ0n) is 8.70. The Morgan fingerprint density at radius 3 is 2.46 bits per heavy atom. The first-order chi connectivity index (χ1) is 6.22. The molecule has 0 N–H and O–H groups in total. The molecule has 1 aliphatic heterocycles. The van der Waals surface area contributed by atoms with Gasteiger partial charge in [0, 0.05) is 13.1 Å². The minimum atomic E-state index is 0.832. The van der Waals surface area contributed by atoms with E-state index in [1.165, 1.54) is 25.8 Å². The van der Waals surface area contributed by atoms with Crippen molar-refractivity contribution < 1.29 is 4.79 Å². The number of likely N-dealkylation sites (tertiary alicyclic amines) is 1. The van der Waals surface area contributed by atoms with Crippen LogP contribution in [-0.4, -0.2) is 49.9 Å². The van der Waals surface area contributed by atoms with E-state index in [1.54, 1.807) is 0 Å². The van der Waals surface area contributed by atoms with Gasteiger partial charge in [-0.15, -0.1) is 0 Å². The molecule has 1 amide bonds. The third-order valence-corrected chi connectivity index (χ3v) is 2.78. The zero-order valence-corrected chi connectivity index (χ0v) is 8.70. The van der Waals surface area contributed by atoms with Gasteiger partial charge >= 0.3 is 0 Å². The first-order valence-electron chi connectivity index (χ1n) is 5.06. The lowest BCUT2D eigenvalue weighted by Crippen LogP contribution is -2.33. The van der Waals surface area contributed by atoms with E-state index in [4.69, 9.17) is 0 Å². The van der Waals surface area contributed by atoms with Gasteiger partial charge in [-0.3, -0.25) is 4.79 Å². The Hall–Kier alpha value is -0.570. The van der Waals surface area contributed by atoms with Crippen molar-refractivity contribution in [3.63, 3.8) is 0 Å². The molecule has 3 heteroatoms. The van der Waals surface area contributed by atoms with Crippen molar-refractivity contribution in [1.82, 2.24) is 9.80 Å². The van der Waals surface area contributed by atoms with Crippen molar-refractivity contribution >= 4 is 6.41 Å². The van der Waals surface area contributed by atoms with Crippen LogP contribution in [0.3, 0.4) is 0 Å². The fourth-order valence-corrected chi connectivity index (χ4v) is 1.79. The van der Waals surface area contributed by atoms with Gasteiger partial charge in [0.15, 0.2) is 0 Å². The molecule has 1 fully saturated rings. The van der Waals surface area contributed by atoms with Gasteiger partial charge in [-0.1, -0.05) is 0 Å². The number of hydrogen-bond acceptors (Lipinski definition) is 2. The summed E-state index contributed by atoms with van der Waals surface area (Å²) in [6, 6.07) is 0. The van der Waals surface area contributed by atoms with Crippen molar-refractivity contribution in [1.29, 1.82) is 0 Å². The minimum Gasteiger partial charge on any atom is -0.345 e. The first-order valence-corrected chi connectivity index (χ1v) is 5.06. The fraction of sp³-hybridized carbons (Fsp3) is 0.900. The van der Waals surface area contributed by atoms with Gasteiger partial charge < -0.3 is 9.80 Å². The van der Waals surface area contributed by atoms with Gasteiger partial charge in [-0.25, -0.2) is 0 Å². The number of carbonyl (C=O) groups is 1. The molecule has 13 heavy (non-hydrogen) atoms. The molecule has 0 aliphatic carbocycles. The molecule has 3 nitrogen and oxygen atoms in total. The Bertz CT molecular complexity index is 151. The summed E-state index contributed by atoms with van der Waals surface area (Å²) in [7, 11) is 4.22. The average Bonchev–Trinajstić information content (AvgIpc) is 2.15. The SMILES string of the molecule is CN(C)CCC1CCN(C=O)CC1. The van der Waals surface area contributed by atoms with Gasteiger partial charge in [0.05, 0.1) is 0 Å². The molecular formula is C10H20N2O. The van der Waals surface area contributed by atoms with Gasteiger partial charge in [0.25, 0.3) is 0 Å². The van der Waals surface area contributed by atoms with E-state index >= 15 is 0 Å². The summed E-state index contributed by atoms with van der Waals surface area (Å²) < 4.78 is 0. The largest absolute Gasteiger partial charge is 0.345 e. The van der Waals surface area contributed by atoms with E-state index in [0.717, 1.165) is 25.4 Å². The number of piperidine rings is 1. The molecule has 1 rings (SSSR count). The highest BCUT2D eigenvalue weighted by Gasteiger charge is 2.17. The Labute approximate surface area is 80.7 Å². The smallest absolute Gasteiger partial charge is 0.209 e. The summed E-state index contributed by atoms with van der Waals surface area (Å²) in [4.78, 5) is 14.6. The standard InChI is InChI=1S/C10H20N2O/c1-11(2)6-3-10-4-7-12(9-13)8-5-10/h9-10H,3-8H2,1-2H3. The van der Waals surface area contributed by atoms with Crippen LogP contribution < -0.4 is 0 Å². The molecule has 0 atom stereocenters. The number of rotatable bonds is 4. The molecule has 0 saturated carbocycles. The molecule has 0 radical (unpaired) electrons. The Morgan fingerprint density at radius 1 is 1.38 bits per heavy atom. The lowest BCUT2D eigenvalue weighted by molar-refractivity contribution is -0.119. The van der Waals surface area contributed by atoms with Gasteiger partial charge in [-0.05, 0) is 45.8 Å². The molecule has 0 aromatic heterocycles. The molecule has 0 aromatic carbocycles. The topological polar surface area (TPSA) is 23.6 Å². The van der Waals surface area contributed by atoms with Crippen LogP contribution in [-0.2, 0) is 4.79 Å². The molecule has 0 aromatic rings. The van der Waals surface area contributed by atoms with Crippen LogP contribution in [0.15, 0.2) is 0 Å². The lowest BCUT2D eigenvalue weighted by atomic mass is 9.94. The second-order valence-electron chi connectivity index (χ2n) is 4.18. The van der Waals surface area contributed by atoms with Crippen molar-refractivity contribution in [3.05, 3.63) is 0 Å². The van der Waals surface area contributed by atoms with Crippen molar-refractivity contribution in [2.75, 3.05) is 33.7 Å². The van der Waals surface area contributed by atoms with E-state index in [1.807, 2.05) is 4.90 Å². The summed E-state index contributed by atoms with van der Waals surface area (Å²) >= 11 is 0. The molecule has 1 aliphatic rings. The number of carbonyl (C=O) groups excluding carboxylic acids is 1. The number of amides is 1. The molecule has 0 unspecified atom stereocenters. The Balaban J connectivity index is 2.14. The number of hydrogen-bond donors (Lipinski definition) is 0. The lowest BCUT2D eigenvalue weighted by Gasteiger charge is -2.29. The first kappa shape index (κ1) is 10.5. The van der Waals surface area contributed by atoms with Crippen molar-refractivity contribution in [2.24, 2.45) is 5.92 Å². The molecular weight excluding hydrogens is 164 g/mol. The van der Waals surface area contributed by atoms with Crippen LogP contribution in [0.2, 0.25) is 0 Å².